The van der Waals surface area contributed by atoms with Gasteiger partial charge in [0, 0.05) is 10.6 Å². The SMILES string of the molecule is NC(=S)c1ccc(NC(=O)Cc2cccc(Cl)c2)c(F)c1. The molecule has 2 aromatic carbocycles. The lowest BCUT2D eigenvalue weighted by Crippen LogP contribution is -2.16. The minimum atomic E-state index is -0.584. The monoisotopic (exact) mass is 322 g/mol. The average molecular weight is 323 g/mol. The molecule has 3 nitrogen and oxygen atoms in total. The van der Waals surface area contributed by atoms with Gasteiger partial charge in [-0.15, -0.1) is 0 Å². The van der Waals surface area contributed by atoms with Gasteiger partial charge in [0.05, 0.1) is 12.1 Å². The summed E-state index contributed by atoms with van der Waals surface area (Å²) in [6, 6.07) is 11.1. The average Bonchev–Trinajstić information content (AvgIpc) is 2.40. The second-order valence-corrected chi connectivity index (χ2v) is 5.29. The van der Waals surface area contributed by atoms with Crippen molar-refractivity contribution in [1.82, 2.24) is 0 Å². The molecule has 0 radical (unpaired) electrons. The number of hydrogen-bond acceptors (Lipinski definition) is 2. The molecule has 0 spiro atoms. The van der Waals surface area contributed by atoms with Crippen LogP contribution in [0.1, 0.15) is 11.1 Å². The molecule has 2 rings (SSSR count). The Kier molecular flexibility index (Phi) is 4.88. The fraction of sp³-hybridized carbons (Fsp3) is 0.0667. The molecule has 0 unspecified atom stereocenters. The largest absolute Gasteiger partial charge is 0.389 e. The number of carbonyl (C=O) groups is 1. The molecule has 108 valence electrons. The summed E-state index contributed by atoms with van der Waals surface area (Å²) in [5.41, 5.74) is 6.66. The van der Waals surface area contributed by atoms with Gasteiger partial charge in [-0.05, 0) is 35.9 Å². The third-order valence-corrected chi connectivity index (χ3v) is 3.25. The van der Waals surface area contributed by atoms with Crippen molar-refractivity contribution in [3.05, 3.63) is 64.4 Å². The van der Waals surface area contributed by atoms with E-state index in [1.165, 1.54) is 12.1 Å². The molecule has 0 bridgehead atoms. The summed E-state index contributed by atoms with van der Waals surface area (Å²) >= 11 is 10.6. The van der Waals surface area contributed by atoms with Crippen LogP contribution in [0, 0.1) is 5.82 Å². The number of halogens is 2. The summed E-state index contributed by atoms with van der Waals surface area (Å²) in [5.74, 6) is -0.918. The first-order valence-electron chi connectivity index (χ1n) is 6.09. The van der Waals surface area contributed by atoms with Gasteiger partial charge in [0.15, 0.2) is 0 Å². The van der Waals surface area contributed by atoms with E-state index in [1.807, 2.05) is 0 Å². The van der Waals surface area contributed by atoms with E-state index in [4.69, 9.17) is 29.6 Å². The molecule has 21 heavy (non-hydrogen) atoms. The lowest BCUT2D eigenvalue weighted by atomic mass is 10.1. The van der Waals surface area contributed by atoms with Crippen LogP contribution >= 0.6 is 23.8 Å². The Morgan fingerprint density at radius 2 is 2.05 bits per heavy atom. The van der Waals surface area contributed by atoms with Crippen molar-refractivity contribution in [2.75, 3.05) is 5.32 Å². The molecule has 6 heteroatoms. The topological polar surface area (TPSA) is 55.1 Å². The van der Waals surface area contributed by atoms with Gasteiger partial charge >= 0.3 is 0 Å². The van der Waals surface area contributed by atoms with E-state index < -0.39 is 5.82 Å². The highest BCUT2D eigenvalue weighted by molar-refractivity contribution is 7.80. The summed E-state index contributed by atoms with van der Waals surface area (Å²) in [4.78, 5) is 12.0. The van der Waals surface area contributed by atoms with Crippen LogP contribution in [0.25, 0.3) is 0 Å². The Bertz CT molecular complexity index is 706. The number of carbonyl (C=O) groups excluding carboxylic acids is 1. The predicted molar refractivity (Wildman–Crippen MR) is 86.1 cm³/mol. The van der Waals surface area contributed by atoms with E-state index in [9.17, 15) is 9.18 Å². The maximum Gasteiger partial charge on any atom is 0.228 e. The zero-order valence-corrected chi connectivity index (χ0v) is 12.5. The highest BCUT2D eigenvalue weighted by Crippen LogP contribution is 2.17. The Labute approximate surface area is 131 Å². The molecule has 3 N–H and O–H groups in total. The van der Waals surface area contributed by atoms with E-state index >= 15 is 0 Å². The summed E-state index contributed by atoms with van der Waals surface area (Å²) in [6.07, 6.45) is 0.108. The minimum Gasteiger partial charge on any atom is -0.389 e. The second-order valence-electron chi connectivity index (χ2n) is 4.41. The molecule has 2 aromatic rings. The van der Waals surface area contributed by atoms with Crippen LogP contribution in [-0.2, 0) is 11.2 Å². The Hall–Kier alpha value is -1.98. The highest BCUT2D eigenvalue weighted by atomic mass is 35.5. The van der Waals surface area contributed by atoms with Gasteiger partial charge in [0.25, 0.3) is 0 Å². The number of thiocarbonyl (C=S) groups is 1. The van der Waals surface area contributed by atoms with E-state index in [0.29, 0.717) is 10.6 Å². The summed E-state index contributed by atoms with van der Waals surface area (Å²) in [6.45, 7) is 0. The van der Waals surface area contributed by atoms with Gasteiger partial charge in [-0.25, -0.2) is 4.39 Å². The number of hydrogen-bond donors (Lipinski definition) is 2. The van der Waals surface area contributed by atoms with Crippen molar-refractivity contribution >= 4 is 40.4 Å². The molecule has 0 heterocycles. The molecule has 1 amide bonds. The summed E-state index contributed by atoms with van der Waals surface area (Å²) in [5, 5.41) is 3.05. The maximum absolute atomic E-state index is 13.8. The molecular formula is C15H12ClFN2OS. The quantitative estimate of drug-likeness (QED) is 0.849. The maximum atomic E-state index is 13.8. The summed E-state index contributed by atoms with van der Waals surface area (Å²) in [7, 11) is 0. The van der Waals surface area contributed by atoms with E-state index in [0.717, 1.165) is 5.56 Å². The smallest absolute Gasteiger partial charge is 0.228 e. The Morgan fingerprint density at radius 3 is 2.67 bits per heavy atom. The third kappa shape index (κ3) is 4.24. The molecule has 0 aromatic heterocycles. The van der Waals surface area contributed by atoms with Crippen LogP contribution in [-0.4, -0.2) is 10.9 Å². The first kappa shape index (κ1) is 15.4. The fourth-order valence-electron chi connectivity index (χ4n) is 1.80. The van der Waals surface area contributed by atoms with Crippen molar-refractivity contribution in [3.8, 4) is 0 Å². The Morgan fingerprint density at radius 1 is 1.29 bits per heavy atom. The van der Waals surface area contributed by atoms with Crippen molar-refractivity contribution < 1.29 is 9.18 Å². The predicted octanol–water partition coefficient (Wildman–Crippen LogP) is 3.29. The standard InChI is InChI=1S/C15H12ClFN2OS/c16-11-3-1-2-9(6-11)7-14(20)19-13-5-4-10(15(18)21)8-12(13)17/h1-6,8H,7H2,(H2,18,21)(H,19,20). The van der Waals surface area contributed by atoms with Crippen molar-refractivity contribution in [2.45, 2.75) is 6.42 Å². The van der Waals surface area contributed by atoms with Crippen molar-refractivity contribution in [3.63, 3.8) is 0 Å². The molecule has 0 saturated heterocycles. The van der Waals surface area contributed by atoms with Crippen molar-refractivity contribution in [2.24, 2.45) is 5.73 Å². The van der Waals surface area contributed by atoms with Gasteiger partial charge in [0.2, 0.25) is 5.91 Å². The lowest BCUT2D eigenvalue weighted by Gasteiger charge is -2.08. The number of nitrogens with one attached hydrogen (secondary N) is 1. The van der Waals surface area contributed by atoms with Gasteiger partial charge in [-0.1, -0.05) is 36.0 Å². The first-order chi connectivity index (χ1) is 9.95. The van der Waals surface area contributed by atoms with Crippen LogP contribution in [0.2, 0.25) is 5.02 Å². The van der Waals surface area contributed by atoms with E-state index in [2.05, 4.69) is 5.32 Å². The number of amides is 1. The van der Waals surface area contributed by atoms with Crippen LogP contribution in [0.15, 0.2) is 42.5 Å². The summed E-state index contributed by atoms with van der Waals surface area (Å²) < 4.78 is 13.8. The molecular weight excluding hydrogens is 311 g/mol. The Balaban J connectivity index is 2.08. The molecule has 0 atom stereocenters. The number of rotatable bonds is 4. The molecule has 0 aliphatic rings. The number of nitrogens with two attached hydrogens (primary N) is 1. The van der Waals surface area contributed by atoms with Crippen LogP contribution in [0.3, 0.4) is 0 Å². The third-order valence-electron chi connectivity index (χ3n) is 2.78. The molecule has 0 fully saturated rings. The number of anilines is 1. The van der Waals surface area contributed by atoms with Crippen LogP contribution < -0.4 is 11.1 Å². The molecule has 0 aliphatic carbocycles. The highest BCUT2D eigenvalue weighted by Gasteiger charge is 2.09. The van der Waals surface area contributed by atoms with Crippen molar-refractivity contribution in [1.29, 1.82) is 0 Å². The lowest BCUT2D eigenvalue weighted by molar-refractivity contribution is -0.115. The van der Waals surface area contributed by atoms with Gasteiger partial charge in [-0.3, -0.25) is 4.79 Å². The molecule has 0 aliphatic heterocycles. The molecule has 0 saturated carbocycles. The zero-order chi connectivity index (χ0) is 15.4. The van der Waals surface area contributed by atoms with Crippen LogP contribution in [0.5, 0.6) is 0 Å². The minimum absolute atomic E-state index is 0.0852. The van der Waals surface area contributed by atoms with E-state index in [-0.39, 0.29) is 23.0 Å². The van der Waals surface area contributed by atoms with Gasteiger partial charge in [-0.2, -0.15) is 0 Å². The zero-order valence-electron chi connectivity index (χ0n) is 10.9. The number of benzene rings is 2. The van der Waals surface area contributed by atoms with E-state index in [1.54, 1.807) is 30.3 Å². The fourth-order valence-corrected chi connectivity index (χ4v) is 2.14. The van der Waals surface area contributed by atoms with Gasteiger partial charge < -0.3 is 11.1 Å². The second kappa shape index (κ2) is 6.65. The first-order valence-corrected chi connectivity index (χ1v) is 6.88. The van der Waals surface area contributed by atoms with Crippen LogP contribution in [0.4, 0.5) is 10.1 Å². The normalized spacial score (nSPS) is 10.2. The van der Waals surface area contributed by atoms with Gasteiger partial charge in [0.1, 0.15) is 10.8 Å².